The number of hydrogen-bond donors (Lipinski definition) is 1. The number of rotatable bonds is 4. The zero-order chi connectivity index (χ0) is 8.97. The summed E-state index contributed by atoms with van der Waals surface area (Å²) in [5.74, 6) is 0. The zero-order valence-electron chi connectivity index (χ0n) is 7.69. The summed E-state index contributed by atoms with van der Waals surface area (Å²) < 4.78 is 10.9. The number of hydrogen-bond acceptors (Lipinski definition) is 3. The van der Waals surface area contributed by atoms with Crippen LogP contribution >= 0.6 is 0 Å². The van der Waals surface area contributed by atoms with Crippen LogP contribution in [0.4, 0.5) is 0 Å². The van der Waals surface area contributed by atoms with Crippen molar-refractivity contribution in [1.29, 1.82) is 0 Å². The minimum atomic E-state index is -0.133. The van der Waals surface area contributed by atoms with Gasteiger partial charge in [-0.15, -0.1) is 0 Å². The predicted molar refractivity (Wildman–Crippen MR) is 47.4 cm³/mol. The maximum atomic E-state index is 8.96. The van der Waals surface area contributed by atoms with Crippen LogP contribution in [0.5, 0.6) is 0 Å². The molecule has 1 unspecified atom stereocenters. The van der Waals surface area contributed by atoms with Crippen LogP contribution in [0.1, 0.15) is 13.3 Å². The quantitative estimate of drug-likeness (QED) is 0.616. The molecule has 3 nitrogen and oxygen atoms in total. The topological polar surface area (TPSA) is 38.7 Å². The molecular formula is C8H16BO3. The van der Waals surface area contributed by atoms with Crippen molar-refractivity contribution in [3.63, 3.8) is 0 Å². The molecule has 1 radical (unpaired) electrons. The molecule has 1 aliphatic heterocycles. The monoisotopic (exact) mass is 171 g/mol. The molecule has 12 heavy (non-hydrogen) atoms. The molecular weight excluding hydrogens is 155 g/mol. The molecule has 3 atom stereocenters. The molecule has 1 saturated heterocycles. The SMILES string of the molecule is C[B][C@H]1CC(OCC)[C@@H](CO)O1. The first-order chi connectivity index (χ1) is 5.81. The van der Waals surface area contributed by atoms with E-state index in [1.54, 1.807) is 0 Å². The van der Waals surface area contributed by atoms with Crippen molar-refractivity contribution in [2.45, 2.75) is 38.4 Å². The standard InChI is InChI=1S/C8H16BO3/c1-3-11-6-4-8(9-2)12-7(6)5-10/h6-8,10H,3-5H2,1-2H3/t6?,7-,8-/m1/s1. The molecule has 0 amide bonds. The first-order valence-electron chi connectivity index (χ1n) is 4.49. The van der Waals surface area contributed by atoms with Gasteiger partial charge in [0, 0.05) is 12.6 Å². The van der Waals surface area contributed by atoms with Crippen LogP contribution in [0.3, 0.4) is 0 Å². The summed E-state index contributed by atoms with van der Waals surface area (Å²) >= 11 is 0. The molecule has 1 fully saturated rings. The molecule has 0 spiro atoms. The van der Waals surface area contributed by atoms with Crippen molar-refractivity contribution in [3.05, 3.63) is 0 Å². The highest BCUT2D eigenvalue weighted by Gasteiger charge is 2.34. The highest BCUT2D eigenvalue weighted by Crippen LogP contribution is 2.22. The highest BCUT2D eigenvalue weighted by atomic mass is 16.6. The Hall–Kier alpha value is -0.0551. The van der Waals surface area contributed by atoms with Gasteiger partial charge in [0.15, 0.2) is 0 Å². The van der Waals surface area contributed by atoms with E-state index in [-0.39, 0.29) is 24.8 Å². The van der Waals surface area contributed by atoms with E-state index in [0.29, 0.717) is 6.61 Å². The normalized spacial score (nSPS) is 35.4. The van der Waals surface area contributed by atoms with Gasteiger partial charge >= 0.3 is 0 Å². The molecule has 0 aromatic carbocycles. The van der Waals surface area contributed by atoms with Gasteiger partial charge in [0.25, 0.3) is 0 Å². The molecule has 0 bridgehead atoms. The molecule has 1 rings (SSSR count). The Morgan fingerprint density at radius 2 is 2.42 bits per heavy atom. The summed E-state index contributed by atoms with van der Waals surface area (Å²) in [5.41, 5.74) is 0. The average Bonchev–Trinajstić information content (AvgIpc) is 2.48. The summed E-state index contributed by atoms with van der Waals surface area (Å²) in [7, 11) is 2.00. The molecule has 69 valence electrons. The predicted octanol–water partition coefficient (Wildman–Crippen LogP) is 0.251. The second-order valence-electron chi connectivity index (χ2n) is 2.96. The first kappa shape index (κ1) is 10.0. The molecule has 1 aliphatic rings. The third-order valence-electron chi connectivity index (χ3n) is 2.16. The van der Waals surface area contributed by atoms with Gasteiger partial charge in [0.2, 0.25) is 0 Å². The molecule has 0 aromatic heterocycles. The second kappa shape index (κ2) is 4.85. The Bertz CT molecular complexity index is 131. The molecule has 1 N–H and O–H groups in total. The van der Waals surface area contributed by atoms with Crippen molar-refractivity contribution in [3.8, 4) is 0 Å². The van der Waals surface area contributed by atoms with Crippen LogP contribution in [0, 0.1) is 0 Å². The molecule has 0 aliphatic carbocycles. The van der Waals surface area contributed by atoms with Gasteiger partial charge in [-0.2, -0.15) is 0 Å². The Balaban J connectivity index is 2.39. The molecule has 0 aromatic rings. The minimum absolute atomic E-state index is 0.0506. The Kier molecular flexibility index (Phi) is 4.05. The fraction of sp³-hybridized carbons (Fsp3) is 1.00. The maximum absolute atomic E-state index is 8.96. The van der Waals surface area contributed by atoms with Gasteiger partial charge in [-0.3, -0.25) is 0 Å². The third kappa shape index (κ3) is 2.22. The fourth-order valence-corrected chi connectivity index (χ4v) is 1.51. The van der Waals surface area contributed by atoms with Crippen molar-refractivity contribution in [1.82, 2.24) is 0 Å². The van der Waals surface area contributed by atoms with Crippen molar-refractivity contribution in [2.75, 3.05) is 13.2 Å². The smallest absolute Gasteiger partial charge is 0.146 e. The van der Waals surface area contributed by atoms with Crippen LogP contribution in [-0.4, -0.2) is 43.8 Å². The summed E-state index contributed by atoms with van der Waals surface area (Å²) in [6, 6.07) is 0.152. The van der Waals surface area contributed by atoms with E-state index in [4.69, 9.17) is 14.6 Å². The zero-order valence-corrected chi connectivity index (χ0v) is 7.69. The molecule has 4 heteroatoms. The van der Waals surface area contributed by atoms with E-state index >= 15 is 0 Å². The highest BCUT2D eigenvalue weighted by molar-refractivity contribution is 6.35. The maximum Gasteiger partial charge on any atom is 0.146 e. The van der Waals surface area contributed by atoms with E-state index in [1.165, 1.54) is 0 Å². The van der Waals surface area contributed by atoms with E-state index < -0.39 is 0 Å². The lowest BCUT2D eigenvalue weighted by atomic mass is 9.73. The number of aliphatic hydroxyl groups is 1. The lowest BCUT2D eigenvalue weighted by Crippen LogP contribution is -2.27. The van der Waals surface area contributed by atoms with E-state index in [2.05, 4.69) is 0 Å². The van der Waals surface area contributed by atoms with Gasteiger partial charge in [-0.05, 0) is 13.3 Å². The number of aliphatic hydroxyl groups excluding tert-OH is 1. The van der Waals surface area contributed by atoms with Crippen LogP contribution in [0.25, 0.3) is 0 Å². The van der Waals surface area contributed by atoms with E-state index in [1.807, 2.05) is 21.0 Å². The van der Waals surface area contributed by atoms with Crippen LogP contribution in [0.15, 0.2) is 0 Å². The summed E-state index contributed by atoms with van der Waals surface area (Å²) in [6.45, 7) is 4.65. The van der Waals surface area contributed by atoms with Gasteiger partial charge < -0.3 is 14.6 Å². The van der Waals surface area contributed by atoms with Gasteiger partial charge in [0.05, 0.1) is 12.7 Å². The lowest BCUT2D eigenvalue weighted by molar-refractivity contribution is -0.0340. The summed E-state index contributed by atoms with van der Waals surface area (Å²) in [4.78, 5) is 0. The van der Waals surface area contributed by atoms with Crippen LogP contribution < -0.4 is 0 Å². The van der Waals surface area contributed by atoms with Crippen molar-refractivity contribution < 1.29 is 14.6 Å². The Morgan fingerprint density at radius 1 is 1.67 bits per heavy atom. The third-order valence-corrected chi connectivity index (χ3v) is 2.16. The minimum Gasteiger partial charge on any atom is -0.394 e. The van der Waals surface area contributed by atoms with Gasteiger partial charge in [0.1, 0.15) is 13.4 Å². The summed E-state index contributed by atoms with van der Waals surface area (Å²) in [6.07, 6.45) is 0.808. The largest absolute Gasteiger partial charge is 0.394 e. The van der Waals surface area contributed by atoms with Gasteiger partial charge in [-0.25, -0.2) is 0 Å². The fourth-order valence-electron chi connectivity index (χ4n) is 1.51. The Labute approximate surface area is 74.3 Å². The Morgan fingerprint density at radius 3 is 2.92 bits per heavy atom. The van der Waals surface area contributed by atoms with E-state index in [9.17, 15) is 0 Å². The van der Waals surface area contributed by atoms with Crippen LogP contribution in [-0.2, 0) is 9.47 Å². The molecule has 0 saturated carbocycles. The van der Waals surface area contributed by atoms with Crippen molar-refractivity contribution in [2.24, 2.45) is 0 Å². The first-order valence-corrected chi connectivity index (χ1v) is 4.49. The lowest BCUT2D eigenvalue weighted by Gasteiger charge is -2.15. The second-order valence-corrected chi connectivity index (χ2v) is 2.96. The average molecular weight is 171 g/mol. The summed E-state index contributed by atoms with van der Waals surface area (Å²) in [5, 5.41) is 8.96. The number of ether oxygens (including phenoxy) is 2. The van der Waals surface area contributed by atoms with Crippen molar-refractivity contribution >= 4 is 7.28 Å². The van der Waals surface area contributed by atoms with Crippen LogP contribution in [0.2, 0.25) is 6.82 Å². The molecule has 1 heterocycles. The van der Waals surface area contributed by atoms with Gasteiger partial charge in [-0.1, -0.05) is 6.82 Å². The van der Waals surface area contributed by atoms with E-state index in [0.717, 1.165) is 6.42 Å².